The Kier molecular flexibility index (Phi) is 4.58. The van der Waals surface area contributed by atoms with Crippen LogP contribution in [0.5, 0.6) is 0 Å². The van der Waals surface area contributed by atoms with Gasteiger partial charge in [-0.25, -0.2) is 0 Å². The van der Waals surface area contributed by atoms with Crippen LogP contribution in [0.25, 0.3) is 0 Å². The zero-order chi connectivity index (χ0) is 14.0. The van der Waals surface area contributed by atoms with Crippen molar-refractivity contribution in [3.05, 3.63) is 28.2 Å². The molecule has 1 aromatic rings. The van der Waals surface area contributed by atoms with Crippen molar-refractivity contribution in [2.24, 2.45) is 17.6 Å². The molecule has 1 fully saturated rings. The molecular weight excluding hydrogens is 324 g/mol. The van der Waals surface area contributed by atoms with Gasteiger partial charge in [0.25, 0.3) is 0 Å². The van der Waals surface area contributed by atoms with Gasteiger partial charge in [0.15, 0.2) is 0 Å². The molecule has 2 unspecified atom stereocenters. The first-order valence-electron chi connectivity index (χ1n) is 6.39. The minimum Gasteiger partial charge on any atom is -0.389 e. The van der Waals surface area contributed by atoms with E-state index in [9.17, 15) is 4.79 Å². The van der Waals surface area contributed by atoms with Crippen molar-refractivity contribution in [3.8, 4) is 0 Å². The summed E-state index contributed by atoms with van der Waals surface area (Å²) in [5.74, 6) is 0.700. The van der Waals surface area contributed by atoms with Crippen molar-refractivity contribution in [1.82, 2.24) is 0 Å². The highest BCUT2D eigenvalue weighted by Gasteiger charge is 2.29. The summed E-state index contributed by atoms with van der Waals surface area (Å²) >= 11 is 8.36. The monoisotopic (exact) mass is 340 g/mol. The first kappa shape index (κ1) is 14.5. The molecule has 0 aromatic heterocycles. The Labute approximate surface area is 127 Å². The number of halogens is 1. The van der Waals surface area contributed by atoms with Gasteiger partial charge in [-0.1, -0.05) is 25.6 Å². The third-order valence-electron chi connectivity index (χ3n) is 3.71. The number of thiocarbonyl (C=S) groups is 1. The van der Waals surface area contributed by atoms with Crippen LogP contribution in [0.4, 0.5) is 5.69 Å². The standard InChI is InChI=1S/C14H17BrN2OS/c1-8-3-2-4-10(8)14(18)17-12-6-5-9(13(16)19)7-11(12)15/h5-8,10H,2-4H2,1H3,(H2,16,19)(H,17,18). The summed E-state index contributed by atoms with van der Waals surface area (Å²) in [4.78, 5) is 12.6. The summed E-state index contributed by atoms with van der Waals surface area (Å²) in [7, 11) is 0. The summed E-state index contributed by atoms with van der Waals surface area (Å²) in [6.07, 6.45) is 3.26. The molecule has 1 aromatic carbocycles. The van der Waals surface area contributed by atoms with Gasteiger partial charge in [0.05, 0.1) is 5.69 Å². The van der Waals surface area contributed by atoms with Crippen molar-refractivity contribution in [3.63, 3.8) is 0 Å². The average Bonchev–Trinajstić information content (AvgIpc) is 2.77. The van der Waals surface area contributed by atoms with E-state index in [1.54, 1.807) is 0 Å². The second-order valence-corrected chi connectivity index (χ2v) is 6.36. The summed E-state index contributed by atoms with van der Waals surface area (Å²) in [6.45, 7) is 2.14. The number of hydrogen-bond donors (Lipinski definition) is 2. The summed E-state index contributed by atoms with van der Waals surface area (Å²) in [6, 6.07) is 5.48. The van der Waals surface area contributed by atoms with Gasteiger partial charge in [0.2, 0.25) is 5.91 Å². The number of carbonyl (C=O) groups is 1. The molecule has 1 aliphatic carbocycles. The normalized spacial score (nSPS) is 22.2. The molecule has 3 nitrogen and oxygen atoms in total. The molecule has 0 radical (unpaired) electrons. The predicted molar refractivity (Wildman–Crippen MR) is 85.2 cm³/mol. The maximum absolute atomic E-state index is 12.2. The first-order chi connectivity index (χ1) is 8.99. The number of nitrogens with one attached hydrogen (secondary N) is 1. The van der Waals surface area contributed by atoms with Gasteiger partial charge in [0.1, 0.15) is 4.99 Å². The lowest BCUT2D eigenvalue weighted by atomic mass is 9.97. The molecule has 5 heteroatoms. The Morgan fingerprint density at radius 1 is 1.47 bits per heavy atom. The van der Waals surface area contributed by atoms with E-state index in [0.717, 1.165) is 35.0 Å². The summed E-state index contributed by atoms with van der Waals surface area (Å²) < 4.78 is 0.803. The first-order valence-corrected chi connectivity index (χ1v) is 7.59. The number of benzene rings is 1. The van der Waals surface area contributed by atoms with Crippen molar-refractivity contribution in [1.29, 1.82) is 0 Å². The maximum atomic E-state index is 12.2. The second-order valence-electron chi connectivity index (χ2n) is 5.06. The second kappa shape index (κ2) is 6.01. The smallest absolute Gasteiger partial charge is 0.227 e. The van der Waals surface area contributed by atoms with Crippen molar-refractivity contribution < 1.29 is 4.79 Å². The Balaban J connectivity index is 2.11. The number of anilines is 1. The Hall–Kier alpha value is -0.940. The molecule has 0 aliphatic heterocycles. The van der Waals surface area contributed by atoms with E-state index in [1.165, 1.54) is 0 Å². The van der Waals surface area contributed by atoms with Crippen molar-refractivity contribution >= 4 is 44.7 Å². The third-order valence-corrected chi connectivity index (χ3v) is 4.60. The van der Waals surface area contributed by atoms with Gasteiger partial charge in [-0.2, -0.15) is 0 Å². The number of amides is 1. The minimum absolute atomic E-state index is 0.105. The fraction of sp³-hybridized carbons (Fsp3) is 0.429. The zero-order valence-corrected chi connectivity index (χ0v) is 13.2. The van der Waals surface area contributed by atoms with Crippen LogP contribution in [0.15, 0.2) is 22.7 Å². The number of rotatable bonds is 3. The van der Waals surface area contributed by atoms with Gasteiger partial charge in [-0.15, -0.1) is 0 Å². The van der Waals surface area contributed by atoms with Crippen LogP contribution in [-0.2, 0) is 4.79 Å². The lowest BCUT2D eigenvalue weighted by Gasteiger charge is -2.16. The molecule has 19 heavy (non-hydrogen) atoms. The summed E-state index contributed by atoms with van der Waals surface area (Å²) in [5.41, 5.74) is 7.13. The minimum atomic E-state index is 0.105. The Morgan fingerprint density at radius 2 is 2.21 bits per heavy atom. The van der Waals surface area contributed by atoms with Crippen LogP contribution in [0.1, 0.15) is 31.7 Å². The molecule has 2 atom stereocenters. The van der Waals surface area contributed by atoms with Gasteiger partial charge in [-0.3, -0.25) is 4.79 Å². The third kappa shape index (κ3) is 3.34. The van der Waals surface area contributed by atoms with Crippen LogP contribution in [0, 0.1) is 11.8 Å². The van der Waals surface area contributed by atoms with E-state index in [2.05, 4.69) is 28.2 Å². The van der Waals surface area contributed by atoms with E-state index in [1.807, 2.05) is 18.2 Å². The molecular formula is C14H17BrN2OS. The summed E-state index contributed by atoms with van der Waals surface area (Å²) in [5, 5.41) is 2.98. The molecule has 0 heterocycles. The molecule has 0 spiro atoms. The van der Waals surface area contributed by atoms with Crippen LogP contribution in [-0.4, -0.2) is 10.9 Å². The SMILES string of the molecule is CC1CCCC1C(=O)Nc1ccc(C(N)=S)cc1Br. The molecule has 1 amide bonds. The lowest BCUT2D eigenvalue weighted by Crippen LogP contribution is -2.24. The van der Waals surface area contributed by atoms with E-state index < -0.39 is 0 Å². The van der Waals surface area contributed by atoms with Crippen LogP contribution >= 0.6 is 28.1 Å². The molecule has 0 bridgehead atoms. The maximum Gasteiger partial charge on any atom is 0.227 e. The van der Waals surface area contributed by atoms with Gasteiger partial charge in [-0.05, 0) is 52.9 Å². The van der Waals surface area contributed by atoms with Gasteiger partial charge < -0.3 is 11.1 Å². The molecule has 1 saturated carbocycles. The van der Waals surface area contributed by atoms with Gasteiger partial charge >= 0.3 is 0 Å². The molecule has 3 N–H and O–H groups in total. The molecule has 1 aliphatic rings. The highest BCUT2D eigenvalue weighted by Crippen LogP contribution is 2.33. The average molecular weight is 341 g/mol. The fourth-order valence-electron chi connectivity index (χ4n) is 2.53. The van der Waals surface area contributed by atoms with Crippen LogP contribution in [0.3, 0.4) is 0 Å². The van der Waals surface area contributed by atoms with Crippen molar-refractivity contribution in [2.75, 3.05) is 5.32 Å². The van der Waals surface area contributed by atoms with Crippen LogP contribution in [0.2, 0.25) is 0 Å². The number of nitrogens with two attached hydrogens (primary N) is 1. The zero-order valence-electron chi connectivity index (χ0n) is 10.8. The Morgan fingerprint density at radius 3 is 2.74 bits per heavy atom. The molecule has 2 rings (SSSR count). The highest BCUT2D eigenvalue weighted by atomic mass is 79.9. The largest absolute Gasteiger partial charge is 0.389 e. The quantitative estimate of drug-likeness (QED) is 0.828. The Bertz CT molecular complexity index is 518. The molecule has 102 valence electrons. The topological polar surface area (TPSA) is 55.1 Å². The predicted octanol–water partition coefficient (Wildman–Crippen LogP) is 3.46. The molecule has 0 saturated heterocycles. The number of carbonyl (C=O) groups excluding carboxylic acids is 1. The fourth-order valence-corrected chi connectivity index (χ4v) is 3.14. The van der Waals surface area contributed by atoms with Gasteiger partial charge in [0, 0.05) is 16.0 Å². The van der Waals surface area contributed by atoms with Crippen LogP contribution < -0.4 is 11.1 Å². The highest BCUT2D eigenvalue weighted by molar-refractivity contribution is 9.10. The lowest BCUT2D eigenvalue weighted by molar-refractivity contribution is -0.120. The number of hydrogen-bond acceptors (Lipinski definition) is 2. The van der Waals surface area contributed by atoms with E-state index in [0.29, 0.717) is 10.9 Å². The van der Waals surface area contributed by atoms with Crippen molar-refractivity contribution in [2.45, 2.75) is 26.2 Å². The van der Waals surface area contributed by atoms with E-state index >= 15 is 0 Å². The van der Waals surface area contributed by atoms with E-state index in [4.69, 9.17) is 18.0 Å². The van der Waals surface area contributed by atoms with E-state index in [-0.39, 0.29) is 11.8 Å².